The molecule has 2 aromatic carbocycles. The average molecular weight is 400 g/mol. The summed E-state index contributed by atoms with van der Waals surface area (Å²) in [6.07, 6.45) is 0. The van der Waals surface area contributed by atoms with Crippen LogP contribution in [-0.2, 0) is 10.0 Å². The van der Waals surface area contributed by atoms with E-state index in [-0.39, 0.29) is 16.8 Å². The Hall–Kier alpha value is -2.22. The van der Waals surface area contributed by atoms with Crippen LogP contribution in [0.15, 0.2) is 59.5 Å². The molecule has 2 saturated heterocycles. The molecule has 2 fully saturated rings. The fraction of sp³-hybridized carbons (Fsp3) is 0.381. The lowest BCUT2D eigenvalue weighted by atomic mass is 10.0. The molecule has 4 rings (SSSR count). The van der Waals surface area contributed by atoms with E-state index in [4.69, 9.17) is 0 Å². The minimum Gasteiger partial charge on any atom is -0.338 e. The summed E-state index contributed by atoms with van der Waals surface area (Å²) < 4.78 is 28.4. The van der Waals surface area contributed by atoms with E-state index >= 15 is 0 Å². The Morgan fingerprint density at radius 3 is 2.43 bits per heavy atom. The van der Waals surface area contributed by atoms with Crippen molar-refractivity contribution in [2.45, 2.75) is 17.9 Å². The number of sulfonamides is 1. The van der Waals surface area contributed by atoms with Gasteiger partial charge in [-0.15, -0.1) is 0 Å². The number of nitrogens with zero attached hydrogens (tertiary/aromatic N) is 1. The molecule has 2 aliphatic heterocycles. The molecule has 2 heterocycles. The molecular formula is C21H25N3O3S. The van der Waals surface area contributed by atoms with Crippen LogP contribution in [0.5, 0.6) is 0 Å². The van der Waals surface area contributed by atoms with Crippen molar-refractivity contribution in [1.29, 1.82) is 0 Å². The summed E-state index contributed by atoms with van der Waals surface area (Å²) in [6.45, 7) is 5.17. The number of amides is 1. The Morgan fingerprint density at radius 2 is 1.75 bits per heavy atom. The van der Waals surface area contributed by atoms with E-state index in [1.807, 2.05) is 35.2 Å². The zero-order chi connectivity index (χ0) is 19.7. The van der Waals surface area contributed by atoms with Crippen molar-refractivity contribution < 1.29 is 13.2 Å². The Labute approximate surface area is 166 Å². The average Bonchev–Trinajstić information content (AvgIpc) is 3.30. The molecule has 7 heteroatoms. The van der Waals surface area contributed by atoms with Gasteiger partial charge in [-0.3, -0.25) is 4.79 Å². The summed E-state index contributed by atoms with van der Waals surface area (Å²) in [5.74, 6) is 0.913. The highest BCUT2D eigenvalue weighted by atomic mass is 32.2. The molecular weight excluding hydrogens is 374 g/mol. The molecule has 6 nitrogen and oxygen atoms in total. The number of benzene rings is 2. The van der Waals surface area contributed by atoms with E-state index in [0.29, 0.717) is 17.4 Å². The number of carbonyl (C=O) groups is 1. The van der Waals surface area contributed by atoms with Gasteiger partial charge in [-0.1, -0.05) is 36.4 Å². The molecule has 1 amide bonds. The molecule has 28 heavy (non-hydrogen) atoms. The molecule has 148 valence electrons. The van der Waals surface area contributed by atoms with Gasteiger partial charge in [-0.25, -0.2) is 13.1 Å². The lowest BCUT2D eigenvalue weighted by molar-refractivity contribution is 0.0781. The molecule has 2 N–H and O–H groups in total. The summed E-state index contributed by atoms with van der Waals surface area (Å²) >= 11 is 0. The molecule has 0 radical (unpaired) electrons. The molecule has 2 aliphatic rings. The smallest absolute Gasteiger partial charge is 0.253 e. The lowest BCUT2D eigenvalue weighted by Gasteiger charge is -2.18. The number of fused-ring (bicyclic) bond motifs is 1. The fourth-order valence-electron chi connectivity index (χ4n) is 4.11. The standard InChI is InChI=1S/C21H25N3O3S/c1-15(16-6-3-2-4-7-16)23-28(26,27)20-9-5-8-17(10-20)21(25)24-13-18-11-22-12-19(18)14-24/h2-10,15,18-19,22-23H,11-14H2,1H3/t15?,18-,19+. The topological polar surface area (TPSA) is 78.5 Å². The van der Waals surface area contributed by atoms with Gasteiger partial charge in [0.2, 0.25) is 10.0 Å². The van der Waals surface area contributed by atoms with Crippen LogP contribution in [0, 0.1) is 11.8 Å². The number of carbonyl (C=O) groups excluding carboxylic acids is 1. The summed E-state index contributed by atoms with van der Waals surface area (Å²) in [5, 5.41) is 3.36. The van der Waals surface area contributed by atoms with E-state index in [9.17, 15) is 13.2 Å². The highest BCUT2D eigenvalue weighted by Crippen LogP contribution is 2.28. The Bertz CT molecular complexity index is 950. The quantitative estimate of drug-likeness (QED) is 0.806. The van der Waals surface area contributed by atoms with Crippen LogP contribution in [0.1, 0.15) is 28.9 Å². The van der Waals surface area contributed by atoms with E-state index in [0.717, 1.165) is 31.7 Å². The fourth-order valence-corrected chi connectivity index (χ4v) is 5.39. The zero-order valence-corrected chi connectivity index (χ0v) is 16.7. The Kier molecular flexibility index (Phi) is 5.23. The van der Waals surface area contributed by atoms with Crippen LogP contribution in [0.3, 0.4) is 0 Å². The van der Waals surface area contributed by atoms with Gasteiger partial charge in [0.25, 0.3) is 5.91 Å². The van der Waals surface area contributed by atoms with Crippen molar-refractivity contribution in [3.8, 4) is 0 Å². The van der Waals surface area contributed by atoms with Crippen molar-refractivity contribution in [2.75, 3.05) is 26.2 Å². The van der Waals surface area contributed by atoms with Gasteiger partial charge < -0.3 is 10.2 Å². The first-order valence-electron chi connectivity index (χ1n) is 9.61. The van der Waals surface area contributed by atoms with Crippen LogP contribution in [0.2, 0.25) is 0 Å². The second-order valence-corrected chi connectivity index (χ2v) is 9.38. The van der Waals surface area contributed by atoms with Gasteiger partial charge in [-0.05, 0) is 42.5 Å². The van der Waals surface area contributed by atoms with Gasteiger partial charge in [-0.2, -0.15) is 0 Å². The Morgan fingerprint density at radius 1 is 1.07 bits per heavy atom. The lowest BCUT2D eigenvalue weighted by Crippen LogP contribution is -2.32. The highest BCUT2D eigenvalue weighted by Gasteiger charge is 2.38. The molecule has 0 spiro atoms. The minimum atomic E-state index is -3.73. The van der Waals surface area contributed by atoms with Crippen LogP contribution >= 0.6 is 0 Å². The summed E-state index contributed by atoms with van der Waals surface area (Å²) in [4.78, 5) is 14.9. The molecule has 2 aromatic rings. The van der Waals surface area contributed by atoms with E-state index in [1.165, 1.54) is 12.1 Å². The monoisotopic (exact) mass is 399 g/mol. The van der Waals surface area contributed by atoms with Crippen molar-refractivity contribution >= 4 is 15.9 Å². The number of nitrogens with one attached hydrogen (secondary N) is 2. The number of hydrogen-bond donors (Lipinski definition) is 2. The van der Waals surface area contributed by atoms with Gasteiger partial charge in [0.15, 0.2) is 0 Å². The number of rotatable bonds is 5. The predicted molar refractivity (Wildman–Crippen MR) is 107 cm³/mol. The van der Waals surface area contributed by atoms with E-state index < -0.39 is 10.0 Å². The predicted octanol–water partition coefficient (Wildman–Crippen LogP) is 2.02. The highest BCUT2D eigenvalue weighted by molar-refractivity contribution is 7.89. The normalized spacial score (nSPS) is 22.8. The molecule has 0 aromatic heterocycles. The maximum atomic E-state index is 12.9. The maximum absolute atomic E-state index is 12.9. The van der Waals surface area contributed by atoms with Crippen LogP contribution < -0.4 is 10.0 Å². The van der Waals surface area contributed by atoms with Crippen molar-refractivity contribution in [2.24, 2.45) is 11.8 Å². The van der Waals surface area contributed by atoms with Gasteiger partial charge in [0.1, 0.15) is 0 Å². The second kappa shape index (κ2) is 7.66. The van der Waals surface area contributed by atoms with Crippen molar-refractivity contribution in [3.05, 3.63) is 65.7 Å². The van der Waals surface area contributed by atoms with Gasteiger partial charge in [0.05, 0.1) is 4.90 Å². The molecule has 0 aliphatic carbocycles. The SMILES string of the molecule is CC(NS(=O)(=O)c1cccc(C(=O)N2C[C@H]3CNC[C@H]3C2)c1)c1ccccc1. The molecule has 0 saturated carbocycles. The molecule has 3 atom stereocenters. The second-order valence-electron chi connectivity index (χ2n) is 7.67. The van der Waals surface area contributed by atoms with Crippen LogP contribution in [-0.4, -0.2) is 45.4 Å². The van der Waals surface area contributed by atoms with Crippen molar-refractivity contribution in [1.82, 2.24) is 14.9 Å². The molecule has 0 bridgehead atoms. The first-order chi connectivity index (χ1) is 13.4. The summed E-state index contributed by atoms with van der Waals surface area (Å²) in [6, 6.07) is 15.4. The first kappa shape index (κ1) is 19.1. The van der Waals surface area contributed by atoms with Crippen molar-refractivity contribution in [3.63, 3.8) is 0 Å². The third-order valence-electron chi connectivity index (χ3n) is 5.70. The zero-order valence-electron chi connectivity index (χ0n) is 15.8. The first-order valence-corrected chi connectivity index (χ1v) is 11.1. The van der Waals surface area contributed by atoms with Gasteiger partial charge >= 0.3 is 0 Å². The third-order valence-corrected chi connectivity index (χ3v) is 7.24. The van der Waals surface area contributed by atoms with Gasteiger partial charge in [0, 0.05) is 37.8 Å². The molecule has 1 unspecified atom stereocenters. The third kappa shape index (κ3) is 3.83. The number of likely N-dealkylation sites (tertiary alicyclic amines) is 1. The van der Waals surface area contributed by atoms with Crippen LogP contribution in [0.25, 0.3) is 0 Å². The largest absolute Gasteiger partial charge is 0.338 e. The maximum Gasteiger partial charge on any atom is 0.253 e. The Balaban J connectivity index is 1.50. The van der Waals surface area contributed by atoms with Crippen LogP contribution in [0.4, 0.5) is 0 Å². The summed E-state index contributed by atoms with van der Waals surface area (Å²) in [7, 11) is -3.73. The van der Waals surface area contributed by atoms with E-state index in [1.54, 1.807) is 19.1 Å². The minimum absolute atomic E-state index is 0.0949. The summed E-state index contributed by atoms with van der Waals surface area (Å²) in [5.41, 5.74) is 1.30. The van der Waals surface area contributed by atoms with E-state index in [2.05, 4.69) is 10.0 Å². The number of hydrogen-bond acceptors (Lipinski definition) is 4.